The summed E-state index contributed by atoms with van der Waals surface area (Å²) in [7, 11) is -0.562. The van der Waals surface area contributed by atoms with Crippen LogP contribution in [0, 0.1) is 0 Å². The fourth-order valence-corrected chi connectivity index (χ4v) is 10.6. The van der Waals surface area contributed by atoms with Crippen molar-refractivity contribution in [2.75, 3.05) is 50.8 Å². The molecule has 0 aromatic rings. The topological polar surface area (TPSA) is 60.0 Å². The van der Waals surface area contributed by atoms with Gasteiger partial charge in [0.2, 0.25) is 0 Å². The van der Waals surface area contributed by atoms with E-state index in [1.54, 1.807) is 24.6 Å². The monoisotopic (exact) mass is 536 g/mol. The summed E-state index contributed by atoms with van der Waals surface area (Å²) in [4.78, 5) is 0. The molecule has 0 aliphatic carbocycles. The molecule has 0 unspecified atom stereocenters. The lowest BCUT2D eigenvalue weighted by Gasteiger charge is -2.39. The van der Waals surface area contributed by atoms with Crippen LogP contribution in [0.15, 0.2) is 0 Å². The van der Waals surface area contributed by atoms with E-state index >= 15 is 0 Å². The lowest BCUT2D eigenvalue weighted by atomic mass is 10.1. The number of unbranched alkanes of at least 4 members (excludes halogenated alkanes) is 8. The Morgan fingerprint density at radius 3 is 0.694 bits per heavy atom. The van der Waals surface area contributed by atoms with E-state index in [1.807, 2.05) is 0 Å². The molecule has 0 heterocycles. The second-order valence-corrected chi connectivity index (χ2v) is 15.8. The van der Waals surface area contributed by atoms with Gasteiger partial charge in [-0.3, -0.25) is 0 Å². The quantitative estimate of drug-likeness (QED) is 0.0911. The van der Waals surface area contributed by atoms with Gasteiger partial charge in [0.1, 0.15) is 0 Å². The highest BCUT2D eigenvalue weighted by Gasteiger charge is 2.34. The lowest BCUT2D eigenvalue weighted by molar-refractivity contribution is -0.929. The Kier molecular flexibility index (Phi) is 38.0. The van der Waals surface area contributed by atoms with Crippen molar-refractivity contribution in [2.45, 2.75) is 158 Å². The normalized spacial score (nSPS) is 11.3. The molecular weight excluding hydrogens is 461 g/mol. The van der Waals surface area contributed by atoms with Gasteiger partial charge in [-0.25, -0.2) is 0 Å². The maximum Gasteiger partial charge on any atom is 0.0786 e. The van der Waals surface area contributed by atoms with Crippen LogP contribution in [-0.2, 0) is 0 Å². The second kappa shape index (κ2) is 31.5. The molecule has 0 aliphatic heterocycles. The van der Waals surface area contributed by atoms with Crippen LogP contribution in [0.4, 0.5) is 0 Å². The van der Waals surface area contributed by atoms with E-state index in [9.17, 15) is 0 Å². The van der Waals surface area contributed by atoms with Gasteiger partial charge in [0.15, 0.2) is 0 Å². The Morgan fingerprint density at radius 1 is 0.333 bits per heavy atom. The highest BCUT2D eigenvalue weighted by molar-refractivity contribution is 7.75. The van der Waals surface area contributed by atoms with Crippen LogP contribution in [-0.4, -0.2) is 66.3 Å². The van der Waals surface area contributed by atoms with Crippen LogP contribution in [0.1, 0.15) is 158 Å². The highest BCUT2D eigenvalue weighted by atomic mass is 31.2. The zero-order valence-corrected chi connectivity index (χ0v) is 27.7. The minimum absolute atomic E-state index is 0. The summed E-state index contributed by atoms with van der Waals surface area (Å²) in [5.41, 5.74) is 0. The van der Waals surface area contributed by atoms with Gasteiger partial charge in [-0.05, 0) is 51.4 Å². The summed E-state index contributed by atoms with van der Waals surface area (Å²) in [5.74, 6) is 0. The van der Waals surface area contributed by atoms with Gasteiger partial charge in [-0.2, -0.15) is 0 Å². The Hall–Kier alpha value is 0.310. The molecule has 0 aliphatic rings. The largest absolute Gasteiger partial charge is 0.870 e. The molecule has 0 rings (SSSR count). The van der Waals surface area contributed by atoms with E-state index in [-0.39, 0.29) is 11.0 Å². The standard InChI is InChI=1S/C16H36N.C16H36P.2H2O/c2*1-5-9-13-17(14-10-6-2,15-11-7-3)16-12-8-4;;/h2*5-16H2,1-4H3;2*1H2/q2*+1;;/p-2. The molecule has 0 spiro atoms. The van der Waals surface area contributed by atoms with Gasteiger partial charge in [-0.15, -0.1) is 0 Å². The van der Waals surface area contributed by atoms with Crippen LogP contribution in [0.5, 0.6) is 0 Å². The average Bonchev–Trinajstić information content (AvgIpc) is 2.87. The number of nitrogens with zero attached hydrogens (tertiary/aromatic N) is 1. The number of rotatable bonds is 24. The van der Waals surface area contributed by atoms with Crippen molar-refractivity contribution in [2.24, 2.45) is 0 Å². The fraction of sp³-hybridized carbons (Fsp3) is 1.00. The summed E-state index contributed by atoms with van der Waals surface area (Å²) in [6.45, 7) is 24.4. The first-order valence-corrected chi connectivity index (χ1v) is 18.7. The average molecular weight is 536 g/mol. The highest BCUT2D eigenvalue weighted by Crippen LogP contribution is 2.61. The van der Waals surface area contributed by atoms with Crippen LogP contribution in [0.2, 0.25) is 0 Å². The molecule has 4 heteroatoms. The molecule has 224 valence electrons. The minimum Gasteiger partial charge on any atom is -0.870 e. The van der Waals surface area contributed by atoms with Gasteiger partial charge >= 0.3 is 0 Å². The van der Waals surface area contributed by atoms with Crippen molar-refractivity contribution in [3.63, 3.8) is 0 Å². The van der Waals surface area contributed by atoms with Gasteiger partial charge < -0.3 is 15.4 Å². The third-order valence-electron chi connectivity index (χ3n) is 7.89. The Balaban J connectivity index is -0.000000269. The third-order valence-corrected chi connectivity index (χ3v) is 12.9. The smallest absolute Gasteiger partial charge is 0.0786 e. The van der Waals surface area contributed by atoms with E-state index in [0.29, 0.717) is 0 Å². The van der Waals surface area contributed by atoms with Crippen molar-refractivity contribution in [3.05, 3.63) is 0 Å². The zero-order valence-electron chi connectivity index (χ0n) is 26.8. The summed E-state index contributed by atoms with van der Waals surface area (Å²) in [6.07, 6.45) is 29.0. The van der Waals surface area contributed by atoms with Crippen LogP contribution < -0.4 is 0 Å². The van der Waals surface area contributed by atoms with Crippen molar-refractivity contribution in [1.29, 1.82) is 0 Å². The summed E-state index contributed by atoms with van der Waals surface area (Å²) < 4.78 is 1.42. The lowest BCUT2D eigenvalue weighted by Crippen LogP contribution is -2.50. The predicted molar refractivity (Wildman–Crippen MR) is 169 cm³/mol. The summed E-state index contributed by atoms with van der Waals surface area (Å²) >= 11 is 0. The SMILES string of the molecule is CCCC[N+](CCCC)(CCCC)CCCC.CCCC[P+](CCCC)(CCCC)CCCC.[OH-].[OH-]. The summed E-state index contributed by atoms with van der Waals surface area (Å²) in [5, 5.41) is 0. The van der Waals surface area contributed by atoms with Crippen LogP contribution in [0.3, 0.4) is 0 Å². The van der Waals surface area contributed by atoms with E-state index in [2.05, 4.69) is 55.4 Å². The third kappa shape index (κ3) is 23.4. The van der Waals surface area contributed by atoms with Crippen molar-refractivity contribution >= 4 is 7.26 Å². The van der Waals surface area contributed by atoms with E-state index in [4.69, 9.17) is 0 Å². The van der Waals surface area contributed by atoms with Crippen molar-refractivity contribution < 1.29 is 15.4 Å². The summed E-state index contributed by atoms with van der Waals surface area (Å²) in [6, 6.07) is 0. The first-order valence-electron chi connectivity index (χ1n) is 16.2. The Labute approximate surface area is 231 Å². The maximum atomic E-state index is 2.36. The molecule has 0 aromatic carbocycles. The first kappa shape index (κ1) is 43.4. The molecular formula is C32H74NO2P. The van der Waals surface area contributed by atoms with Crippen LogP contribution in [0.25, 0.3) is 0 Å². The second-order valence-electron chi connectivity index (χ2n) is 11.3. The Bertz CT molecular complexity index is 281. The predicted octanol–water partition coefficient (Wildman–Crippen LogP) is 10.9. The molecule has 2 N–H and O–H groups in total. The van der Waals surface area contributed by atoms with Gasteiger partial charge in [0.05, 0.1) is 50.8 Å². The molecule has 0 atom stereocenters. The zero-order chi connectivity index (χ0) is 26.0. The fourth-order valence-electron chi connectivity index (χ4n) is 5.29. The minimum atomic E-state index is -0.562. The molecule has 0 saturated carbocycles. The molecule has 0 radical (unpaired) electrons. The maximum absolute atomic E-state index is 2.36. The number of hydrogen-bond acceptors (Lipinski definition) is 2. The Morgan fingerprint density at radius 2 is 0.528 bits per heavy atom. The number of hydrogen-bond donors (Lipinski definition) is 0. The van der Waals surface area contributed by atoms with Crippen molar-refractivity contribution in [1.82, 2.24) is 0 Å². The molecule has 0 amide bonds. The van der Waals surface area contributed by atoms with Gasteiger partial charge in [0.25, 0.3) is 0 Å². The molecule has 3 nitrogen and oxygen atoms in total. The molecule has 0 aromatic heterocycles. The molecule has 0 bridgehead atoms. The van der Waals surface area contributed by atoms with Crippen molar-refractivity contribution in [3.8, 4) is 0 Å². The van der Waals surface area contributed by atoms with Crippen LogP contribution >= 0.6 is 7.26 Å². The molecule has 36 heavy (non-hydrogen) atoms. The van der Waals surface area contributed by atoms with E-state index in [1.165, 1.54) is 133 Å². The number of quaternary nitrogens is 1. The first-order chi connectivity index (χ1) is 16.5. The van der Waals surface area contributed by atoms with Gasteiger partial charge in [0, 0.05) is 7.26 Å². The van der Waals surface area contributed by atoms with Gasteiger partial charge in [-0.1, -0.05) is 107 Å². The van der Waals surface area contributed by atoms with E-state index in [0.717, 1.165) is 0 Å². The van der Waals surface area contributed by atoms with E-state index < -0.39 is 7.26 Å². The molecule has 0 fully saturated rings. The molecule has 0 saturated heterocycles.